The molecule has 0 radical (unpaired) electrons. The molecule has 13 heteroatoms. The maximum atomic E-state index is 14.6. The van der Waals surface area contributed by atoms with Crippen molar-refractivity contribution in [2.75, 3.05) is 20.9 Å². The highest BCUT2D eigenvalue weighted by atomic mass is 35.5. The van der Waals surface area contributed by atoms with Crippen LogP contribution in [0.15, 0.2) is 107 Å². The maximum absolute atomic E-state index is 14.6. The number of nitrogens with zero attached hydrogens (tertiary/aromatic N) is 1. The zero-order valence-corrected chi connectivity index (χ0v) is 23.0. The van der Waals surface area contributed by atoms with E-state index in [1.165, 1.54) is 84.9 Å². The van der Waals surface area contributed by atoms with Crippen molar-refractivity contribution in [3.63, 3.8) is 0 Å². The van der Waals surface area contributed by atoms with E-state index in [9.17, 15) is 26.0 Å². The first-order chi connectivity index (χ1) is 18.5. The SMILES string of the molecule is O=C(CN(c1ccccc1F)S(=O)(=O)c1ccccc1)Nc1ccc(S(=O)(=O)Nc2cccc(Cl)c2Cl)cc1. The lowest BCUT2D eigenvalue weighted by Gasteiger charge is -2.24. The first-order valence-corrected chi connectivity index (χ1v) is 14.9. The normalized spacial score (nSPS) is 11.6. The zero-order valence-electron chi connectivity index (χ0n) is 19.9. The summed E-state index contributed by atoms with van der Waals surface area (Å²) in [4.78, 5) is 12.6. The van der Waals surface area contributed by atoms with Gasteiger partial charge in [-0.25, -0.2) is 21.2 Å². The minimum absolute atomic E-state index is 0.0384. The molecule has 0 atom stereocenters. The molecule has 0 aliphatic carbocycles. The molecule has 4 aromatic carbocycles. The fourth-order valence-corrected chi connectivity index (χ4v) is 6.43. The van der Waals surface area contributed by atoms with Gasteiger partial charge in [0.15, 0.2) is 0 Å². The molecule has 1 amide bonds. The number of para-hydroxylation sites is 1. The van der Waals surface area contributed by atoms with Crippen LogP contribution in [0.5, 0.6) is 0 Å². The summed E-state index contributed by atoms with van der Waals surface area (Å²) in [5.74, 6) is -1.61. The minimum atomic E-state index is -4.30. The van der Waals surface area contributed by atoms with Gasteiger partial charge in [0.1, 0.15) is 12.4 Å². The molecule has 0 unspecified atom stereocenters. The second kappa shape index (κ2) is 11.6. The molecule has 0 fully saturated rings. The molecule has 0 heterocycles. The smallest absolute Gasteiger partial charge is 0.264 e. The number of carbonyl (C=O) groups is 1. The maximum Gasteiger partial charge on any atom is 0.264 e. The van der Waals surface area contributed by atoms with Crippen LogP contribution in [0.1, 0.15) is 0 Å². The first kappa shape index (κ1) is 28.4. The van der Waals surface area contributed by atoms with Gasteiger partial charge in [-0.3, -0.25) is 13.8 Å². The van der Waals surface area contributed by atoms with E-state index >= 15 is 0 Å². The molecule has 0 aromatic heterocycles. The fourth-order valence-electron chi connectivity index (χ4n) is 3.51. The molecule has 39 heavy (non-hydrogen) atoms. The Bertz CT molecular complexity index is 1720. The van der Waals surface area contributed by atoms with Crippen molar-refractivity contribution in [1.82, 2.24) is 0 Å². The molecule has 0 spiro atoms. The van der Waals surface area contributed by atoms with Crippen LogP contribution < -0.4 is 14.3 Å². The topological polar surface area (TPSA) is 113 Å². The molecule has 0 aliphatic rings. The highest BCUT2D eigenvalue weighted by Gasteiger charge is 2.29. The van der Waals surface area contributed by atoms with Gasteiger partial charge in [0.2, 0.25) is 5.91 Å². The lowest BCUT2D eigenvalue weighted by atomic mass is 10.3. The quantitative estimate of drug-likeness (QED) is 0.251. The van der Waals surface area contributed by atoms with Crippen LogP contribution in [0.4, 0.5) is 21.5 Å². The van der Waals surface area contributed by atoms with Crippen molar-refractivity contribution in [3.05, 3.63) is 113 Å². The van der Waals surface area contributed by atoms with Gasteiger partial charge in [-0.15, -0.1) is 0 Å². The van der Waals surface area contributed by atoms with E-state index < -0.39 is 38.3 Å². The predicted octanol–water partition coefficient (Wildman–Crippen LogP) is 5.77. The first-order valence-electron chi connectivity index (χ1n) is 11.2. The second-order valence-electron chi connectivity index (χ2n) is 8.06. The summed E-state index contributed by atoms with van der Waals surface area (Å²) in [6, 6.07) is 22.1. The van der Waals surface area contributed by atoms with Crippen LogP contribution in [0, 0.1) is 5.82 Å². The van der Waals surface area contributed by atoms with Gasteiger partial charge in [-0.1, -0.05) is 59.6 Å². The molecule has 0 aliphatic heterocycles. The third-order valence-corrected chi connectivity index (χ3v) is 9.36. The largest absolute Gasteiger partial charge is 0.325 e. The average molecular weight is 609 g/mol. The zero-order chi connectivity index (χ0) is 28.2. The van der Waals surface area contributed by atoms with Crippen molar-refractivity contribution in [1.29, 1.82) is 0 Å². The number of amides is 1. The summed E-state index contributed by atoms with van der Waals surface area (Å²) in [6.45, 7) is -0.743. The summed E-state index contributed by atoms with van der Waals surface area (Å²) in [7, 11) is -8.34. The molecule has 0 saturated carbocycles. The van der Waals surface area contributed by atoms with E-state index in [-0.39, 0.29) is 36.9 Å². The van der Waals surface area contributed by atoms with Crippen LogP contribution in [-0.4, -0.2) is 29.3 Å². The van der Waals surface area contributed by atoms with Gasteiger partial charge in [-0.05, 0) is 60.7 Å². The molecule has 2 N–H and O–H groups in total. The van der Waals surface area contributed by atoms with E-state index in [0.717, 1.165) is 6.07 Å². The molecule has 4 aromatic rings. The van der Waals surface area contributed by atoms with Gasteiger partial charge < -0.3 is 5.32 Å². The van der Waals surface area contributed by atoms with E-state index in [1.807, 2.05) is 0 Å². The molecule has 202 valence electrons. The van der Waals surface area contributed by atoms with Crippen LogP contribution in [0.2, 0.25) is 10.0 Å². The van der Waals surface area contributed by atoms with E-state index in [2.05, 4.69) is 10.0 Å². The number of hydrogen-bond acceptors (Lipinski definition) is 5. The van der Waals surface area contributed by atoms with Gasteiger partial charge >= 0.3 is 0 Å². The summed E-state index contributed by atoms with van der Waals surface area (Å²) in [5.41, 5.74) is -0.0246. The Morgan fingerprint density at radius 3 is 2.08 bits per heavy atom. The van der Waals surface area contributed by atoms with Crippen LogP contribution in [-0.2, 0) is 24.8 Å². The summed E-state index contributed by atoms with van der Waals surface area (Å²) < 4.78 is 69.8. The summed E-state index contributed by atoms with van der Waals surface area (Å²) in [6.07, 6.45) is 0. The lowest BCUT2D eigenvalue weighted by molar-refractivity contribution is -0.114. The second-order valence-corrected chi connectivity index (χ2v) is 12.4. The van der Waals surface area contributed by atoms with Gasteiger partial charge in [0.05, 0.1) is 31.2 Å². The summed E-state index contributed by atoms with van der Waals surface area (Å²) >= 11 is 12.0. The van der Waals surface area contributed by atoms with Crippen molar-refractivity contribution in [3.8, 4) is 0 Å². The lowest BCUT2D eigenvalue weighted by Crippen LogP contribution is -2.38. The van der Waals surface area contributed by atoms with E-state index in [0.29, 0.717) is 4.31 Å². The number of hydrogen-bond donors (Lipinski definition) is 2. The number of rotatable bonds is 9. The molecule has 4 rings (SSSR count). The Labute approximate surface area is 235 Å². The number of anilines is 3. The highest BCUT2D eigenvalue weighted by Crippen LogP contribution is 2.31. The number of halogens is 3. The van der Waals surface area contributed by atoms with Crippen LogP contribution in [0.3, 0.4) is 0 Å². The molecule has 8 nitrogen and oxygen atoms in total. The van der Waals surface area contributed by atoms with Crippen molar-refractivity contribution in [2.24, 2.45) is 0 Å². The molecule has 0 bridgehead atoms. The number of sulfonamides is 2. The number of carbonyl (C=O) groups excluding carboxylic acids is 1. The predicted molar refractivity (Wildman–Crippen MR) is 150 cm³/mol. The average Bonchev–Trinajstić information content (AvgIpc) is 2.91. The van der Waals surface area contributed by atoms with Crippen LogP contribution in [0.25, 0.3) is 0 Å². The standard InChI is InChI=1S/C26H20Cl2FN3O5S2/c27-21-9-6-11-23(26(21)28)31-38(34,35)19-15-13-18(14-16-19)30-25(33)17-32(24-12-5-4-10-22(24)29)39(36,37)20-7-2-1-3-8-20/h1-16,31H,17H2,(H,30,33). The van der Waals surface area contributed by atoms with E-state index in [1.54, 1.807) is 6.07 Å². The van der Waals surface area contributed by atoms with Gasteiger partial charge in [0, 0.05) is 5.69 Å². The minimum Gasteiger partial charge on any atom is -0.325 e. The monoisotopic (exact) mass is 607 g/mol. The molecular formula is C26H20Cl2FN3O5S2. The Morgan fingerprint density at radius 2 is 1.41 bits per heavy atom. The van der Waals surface area contributed by atoms with Crippen LogP contribution >= 0.6 is 23.2 Å². The Morgan fingerprint density at radius 1 is 0.769 bits per heavy atom. The molecular weight excluding hydrogens is 588 g/mol. The Kier molecular flexibility index (Phi) is 8.45. The molecule has 0 saturated heterocycles. The van der Waals surface area contributed by atoms with E-state index in [4.69, 9.17) is 23.2 Å². The van der Waals surface area contributed by atoms with Crippen molar-refractivity contribution >= 4 is 66.2 Å². The third-order valence-electron chi connectivity index (χ3n) is 5.38. The fraction of sp³-hybridized carbons (Fsp3) is 0.0385. The van der Waals surface area contributed by atoms with Crippen molar-refractivity contribution in [2.45, 2.75) is 9.79 Å². The Balaban J connectivity index is 1.54. The van der Waals surface area contributed by atoms with Crippen molar-refractivity contribution < 1.29 is 26.0 Å². The Hall–Kier alpha value is -3.64. The van der Waals surface area contributed by atoms with Gasteiger partial charge in [0.25, 0.3) is 20.0 Å². The third kappa shape index (κ3) is 6.51. The summed E-state index contributed by atoms with van der Waals surface area (Å²) in [5, 5.41) is 2.72. The number of benzene rings is 4. The highest BCUT2D eigenvalue weighted by molar-refractivity contribution is 7.93. The number of nitrogens with one attached hydrogen (secondary N) is 2. The van der Waals surface area contributed by atoms with Gasteiger partial charge in [-0.2, -0.15) is 0 Å².